The van der Waals surface area contributed by atoms with Gasteiger partial charge in [-0.2, -0.15) is 0 Å². The minimum atomic E-state index is -3.81. The molecule has 2 aromatic heterocycles. The molecule has 0 spiro atoms. The summed E-state index contributed by atoms with van der Waals surface area (Å²) >= 11 is 5.79. The number of halogens is 1. The van der Waals surface area contributed by atoms with Crippen LogP contribution >= 0.6 is 11.6 Å². The van der Waals surface area contributed by atoms with Gasteiger partial charge in [-0.25, -0.2) is 13.4 Å². The Labute approximate surface area is 153 Å². The van der Waals surface area contributed by atoms with Crippen molar-refractivity contribution in [3.63, 3.8) is 0 Å². The van der Waals surface area contributed by atoms with Gasteiger partial charge in [0.25, 0.3) is 10.0 Å². The second-order valence-electron chi connectivity index (χ2n) is 5.56. The lowest BCUT2D eigenvalue weighted by molar-refractivity contribution is 0.601. The summed E-state index contributed by atoms with van der Waals surface area (Å²) in [6.07, 6.45) is 1.53. The van der Waals surface area contributed by atoms with Crippen LogP contribution in [0.15, 0.2) is 74.9 Å². The number of hydrogen-bond donors (Lipinski definition) is 1. The molecule has 1 N–H and O–H groups in total. The Morgan fingerprint density at radius 3 is 2.54 bits per heavy atom. The number of fused-ring (bicyclic) bond motifs is 2. The Morgan fingerprint density at radius 2 is 1.77 bits per heavy atom. The van der Waals surface area contributed by atoms with E-state index in [0.29, 0.717) is 16.0 Å². The first-order chi connectivity index (χ1) is 12.4. The molecule has 2 aromatic carbocycles. The van der Waals surface area contributed by atoms with E-state index in [1.54, 1.807) is 12.1 Å². The second kappa shape index (κ2) is 6.12. The molecule has 0 amide bonds. The minimum absolute atomic E-state index is 0.0664. The monoisotopic (exact) mass is 386 g/mol. The predicted molar refractivity (Wildman–Crippen MR) is 100 cm³/mol. The van der Waals surface area contributed by atoms with Crippen LogP contribution in [0.1, 0.15) is 0 Å². The number of pyridine rings is 1. The smallest absolute Gasteiger partial charge is 0.261 e. The van der Waals surface area contributed by atoms with Gasteiger partial charge in [-0.05, 0) is 54.6 Å². The van der Waals surface area contributed by atoms with Crippen molar-refractivity contribution < 1.29 is 12.8 Å². The highest BCUT2D eigenvalue weighted by molar-refractivity contribution is 7.92. The lowest BCUT2D eigenvalue weighted by Gasteiger charge is -2.09. The summed E-state index contributed by atoms with van der Waals surface area (Å²) in [5.74, 6) is 0. The average Bonchev–Trinajstić information content (AvgIpc) is 2.63. The number of hydrogen-bond acceptors (Lipinski definition) is 5. The number of anilines is 1. The van der Waals surface area contributed by atoms with Crippen LogP contribution < -0.4 is 10.2 Å². The molecule has 0 aliphatic carbocycles. The normalized spacial score (nSPS) is 11.7. The molecular formula is C18H11ClN2O4S. The largest absolute Gasteiger partial charge is 0.437 e. The molecule has 0 saturated carbocycles. The van der Waals surface area contributed by atoms with Crippen molar-refractivity contribution >= 4 is 49.4 Å². The molecule has 130 valence electrons. The summed E-state index contributed by atoms with van der Waals surface area (Å²) in [5.41, 5.74) is 0.542. The van der Waals surface area contributed by atoms with E-state index in [0.717, 1.165) is 0 Å². The SMILES string of the molecule is O=c1c2cc(NS(=O)(=O)c3ccc(Cl)cc3)ccc2oc2ncccc12. The highest BCUT2D eigenvalue weighted by atomic mass is 35.5. The van der Waals surface area contributed by atoms with E-state index in [2.05, 4.69) is 9.71 Å². The molecule has 0 aliphatic heterocycles. The van der Waals surface area contributed by atoms with Gasteiger partial charge in [0.2, 0.25) is 11.1 Å². The number of nitrogens with one attached hydrogen (secondary N) is 1. The number of benzene rings is 2. The van der Waals surface area contributed by atoms with Gasteiger partial charge in [-0.15, -0.1) is 0 Å². The molecule has 4 rings (SSSR count). The fourth-order valence-electron chi connectivity index (χ4n) is 2.58. The quantitative estimate of drug-likeness (QED) is 0.541. The Kier molecular flexibility index (Phi) is 3.90. The first-order valence-corrected chi connectivity index (χ1v) is 9.40. The zero-order valence-electron chi connectivity index (χ0n) is 13.1. The summed E-state index contributed by atoms with van der Waals surface area (Å²) in [7, 11) is -3.81. The maximum Gasteiger partial charge on any atom is 0.261 e. The van der Waals surface area contributed by atoms with E-state index < -0.39 is 10.0 Å². The van der Waals surface area contributed by atoms with E-state index in [1.807, 2.05) is 0 Å². The van der Waals surface area contributed by atoms with E-state index in [-0.39, 0.29) is 27.1 Å². The van der Waals surface area contributed by atoms with Crippen molar-refractivity contribution in [3.8, 4) is 0 Å². The van der Waals surface area contributed by atoms with Gasteiger partial charge in [0.1, 0.15) is 5.58 Å². The summed E-state index contributed by atoms with van der Waals surface area (Å²) in [5, 5.41) is 1.03. The van der Waals surface area contributed by atoms with Crippen molar-refractivity contribution in [1.29, 1.82) is 0 Å². The topological polar surface area (TPSA) is 89.3 Å². The summed E-state index contributed by atoms with van der Waals surface area (Å²) in [6, 6.07) is 13.5. The van der Waals surface area contributed by atoms with E-state index in [9.17, 15) is 13.2 Å². The maximum atomic E-state index is 12.6. The van der Waals surface area contributed by atoms with Crippen LogP contribution in [0.5, 0.6) is 0 Å². The molecule has 0 saturated heterocycles. The maximum absolute atomic E-state index is 12.6. The Balaban J connectivity index is 1.80. The third-order valence-electron chi connectivity index (χ3n) is 3.82. The Bertz CT molecular complexity index is 1300. The van der Waals surface area contributed by atoms with Gasteiger partial charge in [-0.1, -0.05) is 11.6 Å². The van der Waals surface area contributed by atoms with Crippen LogP contribution in [-0.2, 0) is 10.0 Å². The number of nitrogens with zero attached hydrogens (tertiary/aromatic N) is 1. The van der Waals surface area contributed by atoms with Crippen LogP contribution in [0.2, 0.25) is 5.02 Å². The van der Waals surface area contributed by atoms with Crippen LogP contribution in [0, 0.1) is 0 Å². The molecule has 4 aromatic rings. The molecule has 8 heteroatoms. The first-order valence-electron chi connectivity index (χ1n) is 7.54. The van der Waals surface area contributed by atoms with Gasteiger partial charge in [0.05, 0.1) is 15.7 Å². The summed E-state index contributed by atoms with van der Waals surface area (Å²) in [6.45, 7) is 0. The zero-order chi connectivity index (χ0) is 18.3. The second-order valence-corrected chi connectivity index (χ2v) is 7.68. The van der Waals surface area contributed by atoms with Crippen molar-refractivity contribution in [2.45, 2.75) is 4.90 Å². The predicted octanol–water partition coefficient (Wildman–Crippen LogP) is 3.80. The third-order valence-corrected chi connectivity index (χ3v) is 5.47. The van der Waals surface area contributed by atoms with Gasteiger partial charge >= 0.3 is 0 Å². The number of aromatic nitrogens is 1. The Hall–Kier alpha value is -2.90. The molecule has 6 nitrogen and oxygen atoms in total. The van der Waals surface area contributed by atoms with Crippen LogP contribution in [0.4, 0.5) is 5.69 Å². The molecule has 2 heterocycles. The van der Waals surface area contributed by atoms with E-state index >= 15 is 0 Å². The summed E-state index contributed by atoms with van der Waals surface area (Å²) < 4.78 is 33.0. The van der Waals surface area contributed by atoms with Crippen LogP contribution in [0.25, 0.3) is 22.1 Å². The zero-order valence-corrected chi connectivity index (χ0v) is 14.7. The molecule has 0 fully saturated rings. The van der Waals surface area contributed by atoms with Gasteiger partial charge in [-0.3, -0.25) is 9.52 Å². The van der Waals surface area contributed by atoms with Gasteiger partial charge in [0.15, 0.2) is 0 Å². The molecular weight excluding hydrogens is 376 g/mol. The lowest BCUT2D eigenvalue weighted by atomic mass is 10.1. The van der Waals surface area contributed by atoms with Crippen LogP contribution in [-0.4, -0.2) is 13.4 Å². The third kappa shape index (κ3) is 2.91. The van der Waals surface area contributed by atoms with Crippen LogP contribution in [0.3, 0.4) is 0 Å². The molecule has 0 radical (unpaired) electrons. The lowest BCUT2D eigenvalue weighted by Crippen LogP contribution is -2.13. The van der Waals surface area contributed by atoms with E-state index in [4.69, 9.17) is 16.0 Å². The fraction of sp³-hybridized carbons (Fsp3) is 0. The van der Waals surface area contributed by atoms with E-state index in [1.165, 1.54) is 48.7 Å². The molecule has 0 aliphatic rings. The van der Waals surface area contributed by atoms with Crippen molar-refractivity contribution in [2.75, 3.05) is 4.72 Å². The molecule has 0 atom stereocenters. The summed E-state index contributed by atoms with van der Waals surface area (Å²) in [4.78, 5) is 16.7. The standard InChI is InChI=1S/C18H11ClN2O4S/c19-11-3-6-13(7-4-11)26(23,24)21-12-5-8-16-15(10-12)17(22)14-2-1-9-20-18(14)25-16/h1-10,21H. The number of rotatable bonds is 3. The van der Waals surface area contributed by atoms with Gasteiger partial charge < -0.3 is 4.42 Å². The van der Waals surface area contributed by atoms with Crippen molar-refractivity contribution in [1.82, 2.24) is 4.98 Å². The fourth-order valence-corrected chi connectivity index (χ4v) is 3.76. The molecule has 26 heavy (non-hydrogen) atoms. The average molecular weight is 387 g/mol. The van der Waals surface area contributed by atoms with Gasteiger partial charge in [0, 0.05) is 16.9 Å². The number of sulfonamides is 1. The van der Waals surface area contributed by atoms with Crippen molar-refractivity contribution in [3.05, 3.63) is 76.0 Å². The molecule has 0 bridgehead atoms. The molecule has 0 unspecified atom stereocenters. The Morgan fingerprint density at radius 1 is 1.00 bits per heavy atom. The highest BCUT2D eigenvalue weighted by Crippen LogP contribution is 2.23. The first kappa shape index (κ1) is 16.6. The minimum Gasteiger partial charge on any atom is -0.437 e. The highest BCUT2D eigenvalue weighted by Gasteiger charge is 2.15. The van der Waals surface area contributed by atoms with Crippen molar-refractivity contribution in [2.24, 2.45) is 0 Å².